The van der Waals surface area contributed by atoms with E-state index in [-0.39, 0.29) is 0 Å². The Kier molecular flexibility index (Phi) is 3.62. The number of nitrogens with zero attached hydrogens (tertiary/aromatic N) is 3. The van der Waals surface area contributed by atoms with Gasteiger partial charge in [0.25, 0.3) is 0 Å². The van der Waals surface area contributed by atoms with E-state index in [1.54, 1.807) is 31.0 Å². The minimum absolute atomic E-state index is 0.656. The van der Waals surface area contributed by atoms with Gasteiger partial charge in [0, 0.05) is 27.2 Å². The second-order valence-electron chi connectivity index (χ2n) is 4.21. The van der Waals surface area contributed by atoms with Gasteiger partial charge in [0.05, 0.1) is 28.9 Å². The molecule has 0 aliphatic carbocycles. The molecule has 2 aromatic heterocycles. The topological polar surface area (TPSA) is 56.7 Å². The summed E-state index contributed by atoms with van der Waals surface area (Å²) in [6, 6.07) is 7.63. The minimum Gasteiger partial charge on any atom is -0.398 e. The van der Waals surface area contributed by atoms with Crippen molar-refractivity contribution in [3.05, 3.63) is 57.8 Å². The lowest BCUT2D eigenvalue weighted by Gasteiger charge is -2.11. The first-order valence-electron chi connectivity index (χ1n) is 5.84. The van der Waals surface area contributed by atoms with Crippen molar-refractivity contribution in [2.24, 2.45) is 0 Å². The van der Waals surface area contributed by atoms with Gasteiger partial charge in [-0.15, -0.1) is 0 Å². The summed E-state index contributed by atoms with van der Waals surface area (Å²) < 4.78 is 2.99. The predicted octanol–water partition coefficient (Wildman–Crippen LogP) is 3.77. The summed E-state index contributed by atoms with van der Waals surface area (Å²) in [4.78, 5) is 8.32. The Labute approximate surface area is 134 Å². The molecular formula is C14H10ClIN4. The SMILES string of the molecule is Nc1ccncc1-c1cncn1-c1ccc(I)cc1Cl. The minimum atomic E-state index is 0.656. The van der Waals surface area contributed by atoms with Crippen LogP contribution in [0.25, 0.3) is 16.9 Å². The fourth-order valence-corrected chi connectivity index (χ4v) is 2.93. The van der Waals surface area contributed by atoms with E-state index in [0.29, 0.717) is 10.7 Å². The highest BCUT2D eigenvalue weighted by Gasteiger charge is 2.12. The highest BCUT2D eigenvalue weighted by Crippen LogP contribution is 2.30. The summed E-state index contributed by atoms with van der Waals surface area (Å²) in [6.45, 7) is 0. The van der Waals surface area contributed by atoms with Crippen molar-refractivity contribution in [2.75, 3.05) is 5.73 Å². The number of nitrogens with two attached hydrogens (primary N) is 1. The van der Waals surface area contributed by atoms with Crippen molar-refractivity contribution in [3.63, 3.8) is 0 Å². The molecule has 0 unspecified atom stereocenters. The lowest BCUT2D eigenvalue weighted by molar-refractivity contribution is 1.06. The Hall–Kier alpha value is -1.60. The number of nitrogen functional groups attached to an aromatic ring is 1. The Morgan fingerprint density at radius 1 is 1.15 bits per heavy atom. The van der Waals surface area contributed by atoms with Crippen LogP contribution in [0.4, 0.5) is 5.69 Å². The normalized spacial score (nSPS) is 10.7. The first-order valence-corrected chi connectivity index (χ1v) is 7.30. The van der Waals surface area contributed by atoms with E-state index in [9.17, 15) is 0 Å². The van der Waals surface area contributed by atoms with E-state index < -0.39 is 0 Å². The number of anilines is 1. The summed E-state index contributed by atoms with van der Waals surface area (Å²) in [7, 11) is 0. The van der Waals surface area contributed by atoms with Gasteiger partial charge >= 0.3 is 0 Å². The Morgan fingerprint density at radius 3 is 2.75 bits per heavy atom. The van der Waals surface area contributed by atoms with Crippen LogP contribution in [-0.4, -0.2) is 14.5 Å². The summed E-state index contributed by atoms with van der Waals surface area (Å²) in [5.74, 6) is 0. The molecule has 100 valence electrons. The van der Waals surface area contributed by atoms with E-state index >= 15 is 0 Å². The molecule has 0 amide bonds. The Bertz CT molecular complexity index is 769. The number of hydrogen-bond donors (Lipinski definition) is 1. The van der Waals surface area contributed by atoms with Gasteiger partial charge in [0.2, 0.25) is 0 Å². The largest absolute Gasteiger partial charge is 0.398 e. The summed E-state index contributed by atoms with van der Waals surface area (Å²) in [5.41, 5.74) is 9.22. The van der Waals surface area contributed by atoms with E-state index in [0.717, 1.165) is 20.5 Å². The van der Waals surface area contributed by atoms with E-state index in [2.05, 4.69) is 32.6 Å². The molecule has 2 N–H and O–H groups in total. The molecule has 0 bridgehead atoms. The maximum atomic E-state index is 6.32. The summed E-state index contributed by atoms with van der Waals surface area (Å²) >= 11 is 8.55. The highest BCUT2D eigenvalue weighted by molar-refractivity contribution is 14.1. The molecule has 6 heteroatoms. The zero-order chi connectivity index (χ0) is 14.1. The number of halogens is 2. The molecule has 20 heavy (non-hydrogen) atoms. The van der Waals surface area contributed by atoms with E-state index in [1.807, 2.05) is 22.8 Å². The van der Waals surface area contributed by atoms with Crippen LogP contribution in [0.5, 0.6) is 0 Å². The molecule has 0 aliphatic rings. The molecular weight excluding hydrogens is 387 g/mol. The maximum Gasteiger partial charge on any atom is 0.0997 e. The van der Waals surface area contributed by atoms with Crippen LogP contribution < -0.4 is 5.73 Å². The molecule has 0 fully saturated rings. The monoisotopic (exact) mass is 396 g/mol. The molecule has 3 aromatic rings. The van der Waals surface area contributed by atoms with Crippen molar-refractivity contribution in [3.8, 4) is 16.9 Å². The molecule has 1 aromatic carbocycles. The molecule has 0 saturated carbocycles. The Balaban J connectivity index is 2.18. The number of benzene rings is 1. The lowest BCUT2D eigenvalue weighted by Crippen LogP contribution is -1.99. The van der Waals surface area contributed by atoms with Crippen molar-refractivity contribution in [1.29, 1.82) is 0 Å². The van der Waals surface area contributed by atoms with E-state index in [4.69, 9.17) is 17.3 Å². The van der Waals surface area contributed by atoms with Gasteiger partial charge < -0.3 is 5.73 Å². The smallest absolute Gasteiger partial charge is 0.0997 e. The average Bonchev–Trinajstić information content (AvgIpc) is 2.88. The first kappa shape index (κ1) is 13.4. The van der Waals surface area contributed by atoms with Crippen molar-refractivity contribution in [1.82, 2.24) is 14.5 Å². The third kappa shape index (κ3) is 2.38. The van der Waals surface area contributed by atoms with Crippen LogP contribution in [0.1, 0.15) is 0 Å². The number of imidazole rings is 1. The molecule has 4 nitrogen and oxygen atoms in total. The molecule has 0 saturated heterocycles. The van der Waals surface area contributed by atoms with Crippen molar-refractivity contribution in [2.45, 2.75) is 0 Å². The maximum absolute atomic E-state index is 6.32. The molecule has 0 radical (unpaired) electrons. The molecule has 0 aliphatic heterocycles. The standard InChI is InChI=1S/C14H10ClIN4/c15-11-5-9(16)1-2-13(11)20-8-19-7-14(20)10-6-18-4-3-12(10)17/h1-8H,(H2,17,18). The van der Waals surface area contributed by atoms with E-state index in [1.165, 1.54) is 0 Å². The predicted molar refractivity (Wildman–Crippen MR) is 88.9 cm³/mol. The average molecular weight is 397 g/mol. The summed E-state index contributed by atoms with van der Waals surface area (Å²) in [6.07, 6.45) is 6.86. The van der Waals surface area contributed by atoms with Gasteiger partial charge in [0.1, 0.15) is 0 Å². The second kappa shape index (κ2) is 5.41. The second-order valence-corrected chi connectivity index (χ2v) is 5.86. The van der Waals surface area contributed by atoms with Gasteiger partial charge in [-0.2, -0.15) is 0 Å². The molecule has 2 heterocycles. The number of pyridine rings is 1. The van der Waals surface area contributed by atoms with Crippen LogP contribution in [0.2, 0.25) is 5.02 Å². The molecule has 0 spiro atoms. The highest BCUT2D eigenvalue weighted by atomic mass is 127. The lowest BCUT2D eigenvalue weighted by atomic mass is 10.2. The fourth-order valence-electron chi connectivity index (χ4n) is 1.98. The first-order chi connectivity index (χ1) is 9.66. The molecule has 0 atom stereocenters. The zero-order valence-corrected chi connectivity index (χ0v) is 13.2. The van der Waals surface area contributed by atoms with Gasteiger partial charge in [-0.05, 0) is 46.9 Å². The van der Waals surface area contributed by atoms with Crippen LogP contribution >= 0.6 is 34.2 Å². The summed E-state index contributed by atoms with van der Waals surface area (Å²) in [5, 5.41) is 0.665. The van der Waals surface area contributed by atoms with Gasteiger partial charge in [-0.25, -0.2) is 4.98 Å². The Morgan fingerprint density at radius 2 is 2.00 bits per heavy atom. The van der Waals surface area contributed by atoms with Crippen molar-refractivity contribution < 1.29 is 0 Å². The third-order valence-corrected chi connectivity index (χ3v) is 3.91. The van der Waals surface area contributed by atoms with Gasteiger partial charge in [-0.1, -0.05) is 11.6 Å². The van der Waals surface area contributed by atoms with Crippen LogP contribution in [0.3, 0.4) is 0 Å². The quantitative estimate of drug-likeness (QED) is 0.671. The number of hydrogen-bond acceptors (Lipinski definition) is 3. The van der Waals surface area contributed by atoms with Gasteiger partial charge in [-0.3, -0.25) is 9.55 Å². The van der Waals surface area contributed by atoms with Crippen LogP contribution in [-0.2, 0) is 0 Å². The van der Waals surface area contributed by atoms with Crippen molar-refractivity contribution >= 4 is 39.9 Å². The number of rotatable bonds is 2. The van der Waals surface area contributed by atoms with Gasteiger partial charge in [0.15, 0.2) is 0 Å². The zero-order valence-electron chi connectivity index (χ0n) is 10.3. The van der Waals surface area contributed by atoms with Crippen LogP contribution in [0.15, 0.2) is 49.2 Å². The number of aromatic nitrogens is 3. The molecule has 3 rings (SSSR count). The third-order valence-electron chi connectivity index (χ3n) is 2.94. The van der Waals surface area contributed by atoms with Crippen LogP contribution in [0, 0.1) is 3.57 Å². The fraction of sp³-hybridized carbons (Fsp3) is 0.